The number of fused-ring (bicyclic) bond motifs is 1. The molecule has 4 heterocycles. The van der Waals surface area contributed by atoms with Gasteiger partial charge in [0, 0.05) is 56.5 Å². The molecule has 3 N–H and O–H groups in total. The van der Waals surface area contributed by atoms with Crippen LogP contribution < -0.4 is 15.8 Å². The van der Waals surface area contributed by atoms with Crippen LogP contribution in [0, 0.1) is 0 Å². The molecule has 190 valence electrons. The quantitative estimate of drug-likeness (QED) is 0.240. The van der Waals surface area contributed by atoms with E-state index in [2.05, 4.69) is 42.3 Å². The molecule has 1 saturated heterocycles. The average molecular weight is 497 g/mol. The van der Waals surface area contributed by atoms with E-state index < -0.39 is 0 Å². The van der Waals surface area contributed by atoms with Crippen molar-refractivity contribution in [3.05, 3.63) is 78.5 Å². The minimum Gasteiger partial charge on any atom is -0.493 e. The molecule has 0 aliphatic carbocycles. The SMILES string of the molecule is CN=CC(=CN)c1ccc(CNc2cc(-c3cnc4cc(OCCCN5CCC5)ccn34)ncn2)cc1. The van der Waals surface area contributed by atoms with E-state index in [9.17, 15) is 0 Å². The highest BCUT2D eigenvalue weighted by Gasteiger charge is 2.13. The molecule has 1 aliphatic rings. The molecule has 0 radical (unpaired) electrons. The Balaban J connectivity index is 1.21. The second kappa shape index (κ2) is 11.7. The number of ether oxygens (including phenoxy) is 1. The predicted molar refractivity (Wildman–Crippen MR) is 148 cm³/mol. The fourth-order valence-electron chi connectivity index (χ4n) is 4.28. The van der Waals surface area contributed by atoms with Gasteiger partial charge in [-0.05, 0) is 43.1 Å². The lowest BCUT2D eigenvalue weighted by atomic mass is 10.1. The maximum atomic E-state index is 5.95. The number of nitrogens with zero attached hydrogens (tertiary/aromatic N) is 6. The molecule has 9 heteroatoms. The smallest absolute Gasteiger partial charge is 0.140 e. The van der Waals surface area contributed by atoms with Crippen molar-refractivity contribution in [1.29, 1.82) is 0 Å². The predicted octanol–water partition coefficient (Wildman–Crippen LogP) is 3.88. The molecule has 1 aliphatic heterocycles. The number of rotatable bonds is 11. The van der Waals surface area contributed by atoms with E-state index in [0.717, 1.165) is 58.3 Å². The van der Waals surface area contributed by atoms with E-state index >= 15 is 0 Å². The van der Waals surface area contributed by atoms with Gasteiger partial charge < -0.3 is 20.7 Å². The van der Waals surface area contributed by atoms with Gasteiger partial charge in [-0.25, -0.2) is 15.0 Å². The minimum atomic E-state index is 0.631. The first kappa shape index (κ1) is 24.5. The molecule has 37 heavy (non-hydrogen) atoms. The van der Waals surface area contributed by atoms with Gasteiger partial charge in [-0.1, -0.05) is 24.3 Å². The zero-order valence-corrected chi connectivity index (χ0v) is 21.0. The van der Waals surface area contributed by atoms with Crippen molar-refractivity contribution in [3.8, 4) is 17.1 Å². The lowest BCUT2D eigenvalue weighted by Gasteiger charge is -2.30. The summed E-state index contributed by atoms with van der Waals surface area (Å²) < 4.78 is 7.96. The molecule has 5 rings (SSSR count). The van der Waals surface area contributed by atoms with E-state index in [4.69, 9.17) is 10.5 Å². The molecule has 9 nitrogen and oxygen atoms in total. The number of aliphatic imine (C=N–C) groups is 1. The number of anilines is 1. The normalized spacial score (nSPS) is 14.2. The van der Waals surface area contributed by atoms with Crippen LogP contribution in [0.25, 0.3) is 22.6 Å². The van der Waals surface area contributed by atoms with Crippen molar-refractivity contribution >= 4 is 23.3 Å². The number of hydrogen-bond acceptors (Lipinski definition) is 8. The van der Waals surface area contributed by atoms with Gasteiger partial charge in [0.25, 0.3) is 0 Å². The Morgan fingerprint density at radius 3 is 2.76 bits per heavy atom. The highest BCUT2D eigenvalue weighted by atomic mass is 16.5. The standard InChI is InChI=1S/C28H32N8O/c1-30-18-23(16-29)22-6-4-21(5-7-22)17-31-27-15-25(33-20-34-27)26-19-32-28-14-24(8-12-36(26)28)37-13-3-11-35-9-2-10-35/h4-8,12,14-16,18-20H,2-3,9-11,13,17,29H2,1H3,(H,31,33,34). The third-order valence-electron chi connectivity index (χ3n) is 6.46. The molecule has 0 bridgehead atoms. The number of allylic oxidation sites excluding steroid dienone is 1. The Hall–Kier alpha value is -4.24. The van der Waals surface area contributed by atoms with Crippen LogP contribution in [-0.4, -0.2) is 63.8 Å². The summed E-state index contributed by atoms with van der Waals surface area (Å²) in [6.45, 7) is 4.89. The molecule has 4 aromatic rings. The van der Waals surface area contributed by atoms with Crippen LogP contribution in [0.4, 0.5) is 5.82 Å². The molecule has 0 atom stereocenters. The average Bonchev–Trinajstić information content (AvgIpc) is 3.33. The molecule has 1 aromatic carbocycles. The summed E-state index contributed by atoms with van der Waals surface area (Å²) in [5.74, 6) is 1.58. The Morgan fingerprint density at radius 1 is 1.14 bits per heavy atom. The lowest BCUT2D eigenvalue weighted by Crippen LogP contribution is -2.38. The zero-order chi connectivity index (χ0) is 25.5. The largest absolute Gasteiger partial charge is 0.493 e. The molecule has 1 fully saturated rings. The summed E-state index contributed by atoms with van der Waals surface area (Å²) >= 11 is 0. The summed E-state index contributed by atoms with van der Waals surface area (Å²) in [5, 5.41) is 3.38. The van der Waals surface area contributed by atoms with Crippen molar-refractivity contribution in [2.24, 2.45) is 10.7 Å². The van der Waals surface area contributed by atoms with Gasteiger partial charge in [-0.3, -0.25) is 9.39 Å². The van der Waals surface area contributed by atoms with Crippen molar-refractivity contribution in [2.45, 2.75) is 19.4 Å². The fourth-order valence-corrected chi connectivity index (χ4v) is 4.28. The Kier molecular flexibility index (Phi) is 7.71. The maximum Gasteiger partial charge on any atom is 0.140 e. The van der Waals surface area contributed by atoms with Crippen molar-refractivity contribution < 1.29 is 4.74 Å². The number of likely N-dealkylation sites (tertiary alicyclic amines) is 1. The Morgan fingerprint density at radius 2 is 2.00 bits per heavy atom. The van der Waals surface area contributed by atoms with Crippen LogP contribution in [-0.2, 0) is 6.54 Å². The molecular weight excluding hydrogens is 464 g/mol. The van der Waals surface area contributed by atoms with Crippen LogP contribution in [0.3, 0.4) is 0 Å². The van der Waals surface area contributed by atoms with Crippen molar-refractivity contribution in [2.75, 3.05) is 38.6 Å². The summed E-state index contributed by atoms with van der Waals surface area (Å²) in [4.78, 5) is 19.9. The van der Waals surface area contributed by atoms with Crippen LogP contribution in [0.15, 0.2) is 72.4 Å². The fraction of sp³-hybridized carbons (Fsp3) is 0.286. The number of nitrogens with two attached hydrogens (primary N) is 1. The van der Waals surface area contributed by atoms with Gasteiger partial charge in [-0.15, -0.1) is 0 Å². The number of aromatic nitrogens is 4. The maximum absolute atomic E-state index is 5.95. The van der Waals surface area contributed by atoms with Crippen LogP contribution >= 0.6 is 0 Å². The lowest BCUT2D eigenvalue weighted by molar-refractivity contribution is 0.165. The van der Waals surface area contributed by atoms with Crippen LogP contribution in [0.1, 0.15) is 24.0 Å². The monoisotopic (exact) mass is 496 g/mol. The van der Waals surface area contributed by atoms with Crippen molar-refractivity contribution in [3.63, 3.8) is 0 Å². The summed E-state index contributed by atoms with van der Waals surface area (Å²) in [6, 6.07) is 14.1. The molecular formula is C28H32N8O. The molecule has 0 saturated carbocycles. The molecule has 0 unspecified atom stereocenters. The summed E-state index contributed by atoms with van der Waals surface area (Å²) in [7, 11) is 1.73. The van der Waals surface area contributed by atoms with Gasteiger partial charge in [0.1, 0.15) is 23.5 Å². The number of nitrogens with one attached hydrogen (secondary N) is 1. The van der Waals surface area contributed by atoms with Crippen LogP contribution in [0.5, 0.6) is 5.75 Å². The van der Waals surface area contributed by atoms with Gasteiger partial charge >= 0.3 is 0 Å². The van der Waals surface area contributed by atoms with Crippen molar-refractivity contribution in [1.82, 2.24) is 24.3 Å². The highest BCUT2D eigenvalue weighted by Crippen LogP contribution is 2.23. The molecule has 0 amide bonds. The van der Waals surface area contributed by atoms with Gasteiger partial charge in [-0.2, -0.15) is 0 Å². The Labute approximate surface area is 216 Å². The third kappa shape index (κ3) is 5.95. The molecule has 3 aromatic heterocycles. The van der Waals surface area contributed by atoms with E-state index in [1.54, 1.807) is 25.8 Å². The highest BCUT2D eigenvalue weighted by molar-refractivity contribution is 6.09. The number of pyridine rings is 1. The van der Waals surface area contributed by atoms with E-state index in [1.807, 2.05) is 47.1 Å². The van der Waals surface area contributed by atoms with E-state index in [0.29, 0.717) is 13.2 Å². The zero-order valence-electron chi connectivity index (χ0n) is 21.0. The second-order valence-electron chi connectivity index (χ2n) is 8.98. The van der Waals surface area contributed by atoms with Gasteiger partial charge in [0.15, 0.2) is 0 Å². The topological polar surface area (TPSA) is 106 Å². The second-order valence-corrected chi connectivity index (χ2v) is 8.98. The third-order valence-corrected chi connectivity index (χ3v) is 6.46. The summed E-state index contributed by atoms with van der Waals surface area (Å²) in [5.41, 5.74) is 11.2. The number of benzene rings is 1. The first-order chi connectivity index (χ1) is 18.2. The number of hydrogen-bond donors (Lipinski definition) is 2. The Bertz CT molecular complexity index is 1390. The van der Waals surface area contributed by atoms with Crippen LogP contribution in [0.2, 0.25) is 0 Å². The number of imidazole rings is 1. The molecule has 0 spiro atoms. The first-order valence-corrected chi connectivity index (χ1v) is 12.6. The minimum absolute atomic E-state index is 0.631. The van der Waals surface area contributed by atoms with E-state index in [-0.39, 0.29) is 0 Å². The summed E-state index contributed by atoms with van der Waals surface area (Å²) in [6.07, 6.45) is 11.0. The van der Waals surface area contributed by atoms with Gasteiger partial charge in [0.05, 0.1) is 24.2 Å². The van der Waals surface area contributed by atoms with Gasteiger partial charge in [0.2, 0.25) is 0 Å². The first-order valence-electron chi connectivity index (χ1n) is 12.6. The van der Waals surface area contributed by atoms with E-state index in [1.165, 1.54) is 19.5 Å².